The maximum Gasteiger partial charge on any atom is 0.317 e. The summed E-state index contributed by atoms with van der Waals surface area (Å²) >= 11 is 0. The van der Waals surface area contributed by atoms with Crippen LogP contribution >= 0.6 is 0 Å². The van der Waals surface area contributed by atoms with Crippen LogP contribution in [0.1, 0.15) is 38.6 Å². The molecular weight excluding hydrogens is 242 g/mol. The van der Waals surface area contributed by atoms with Crippen LogP contribution in [0.4, 0.5) is 10.6 Å². The number of carbonyl (C=O) groups is 1. The molecule has 106 valence electrons. The molecule has 3 N–H and O–H groups in total. The van der Waals surface area contributed by atoms with Crippen LogP contribution in [-0.2, 0) is 0 Å². The molecule has 2 amide bonds. The van der Waals surface area contributed by atoms with Gasteiger partial charge in [0.25, 0.3) is 0 Å². The summed E-state index contributed by atoms with van der Waals surface area (Å²) in [6.07, 6.45) is 5.92. The van der Waals surface area contributed by atoms with Crippen molar-refractivity contribution >= 4 is 11.8 Å². The molecule has 0 unspecified atom stereocenters. The first-order chi connectivity index (χ1) is 9.20. The van der Waals surface area contributed by atoms with Crippen molar-refractivity contribution in [3.63, 3.8) is 0 Å². The molecule has 1 aromatic rings. The molecule has 6 heteroatoms. The second-order valence-corrected chi connectivity index (χ2v) is 5.02. The van der Waals surface area contributed by atoms with Gasteiger partial charge in [-0.2, -0.15) is 5.10 Å². The summed E-state index contributed by atoms with van der Waals surface area (Å²) in [7, 11) is 0. The maximum absolute atomic E-state index is 11.9. The number of nitrogens with two attached hydrogens (primary N) is 1. The van der Waals surface area contributed by atoms with Crippen LogP contribution in [0.25, 0.3) is 0 Å². The average molecular weight is 265 g/mol. The van der Waals surface area contributed by atoms with Gasteiger partial charge in [-0.1, -0.05) is 13.3 Å². The molecule has 1 aliphatic heterocycles. The van der Waals surface area contributed by atoms with Gasteiger partial charge in [0.1, 0.15) is 5.82 Å². The van der Waals surface area contributed by atoms with Gasteiger partial charge >= 0.3 is 6.03 Å². The van der Waals surface area contributed by atoms with Crippen LogP contribution in [0.2, 0.25) is 0 Å². The van der Waals surface area contributed by atoms with Gasteiger partial charge in [0.2, 0.25) is 0 Å². The number of hydrogen-bond acceptors (Lipinski definition) is 3. The fourth-order valence-corrected chi connectivity index (χ4v) is 2.37. The van der Waals surface area contributed by atoms with E-state index in [0.717, 1.165) is 45.3 Å². The van der Waals surface area contributed by atoms with E-state index in [-0.39, 0.29) is 6.03 Å². The van der Waals surface area contributed by atoms with E-state index < -0.39 is 0 Å². The van der Waals surface area contributed by atoms with Gasteiger partial charge in [-0.05, 0) is 25.3 Å². The Morgan fingerprint density at radius 3 is 2.84 bits per heavy atom. The molecule has 19 heavy (non-hydrogen) atoms. The predicted octanol–water partition coefficient (Wildman–Crippen LogP) is 1.61. The Morgan fingerprint density at radius 1 is 1.53 bits per heavy atom. The van der Waals surface area contributed by atoms with Crippen molar-refractivity contribution in [3.05, 3.63) is 12.3 Å². The van der Waals surface area contributed by atoms with Crippen LogP contribution in [0.5, 0.6) is 0 Å². The highest BCUT2D eigenvalue weighted by atomic mass is 16.2. The van der Waals surface area contributed by atoms with Crippen LogP contribution in [-0.4, -0.2) is 40.3 Å². The number of unbranched alkanes of at least 4 members (excludes halogenated alkanes) is 1. The Morgan fingerprint density at radius 2 is 2.26 bits per heavy atom. The molecule has 2 rings (SSSR count). The van der Waals surface area contributed by atoms with E-state index in [1.165, 1.54) is 0 Å². The first-order valence-corrected chi connectivity index (χ1v) is 7.04. The van der Waals surface area contributed by atoms with Crippen molar-refractivity contribution in [3.8, 4) is 0 Å². The van der Waals surface area contributed by atoms with E-state index in [1.54, 1.807) is 0 Å². The number of carbonyl (C=O) groups excluding carboxylic acids is 1. The van der Waals surface area contributed by atoms with Crippen molar-refractivity contribution < 1.29 is 4.79 Å². The molecule has 0 atom stereocenters. The second-order valence-electron chi connectivity index (χ2n) is 5.02. The third kappa shape index (κ3) is 3.62. The van der Waals surface area contributed by atoms with Crippen molar-refractivity contribution in [2.45, 2.75) is 38.6 Å². The smallest absolute Gasteiger partial charge is 0.317 e. The van der Waals surface area contributed by atoms with E-state index in [2.05, 4.69) is 17.3 Å². The number of nitrogen functional groups attached to an aromatic ring is 1. The fraction of sp³-hybridized carbons (Fsp3) is 0.692. The molecule has 1 fully saturated rings. The predicted molar refractivity (Wildman–Crippen MR) is 74.8 cm³/mol. The van der Waals surface area contributed by atoms with Crippen molar-refractivity contribution in [1.29, 1.82) is 0 Å². The van der Waals surface area contributed by atoms with Crippen molar-refractivity contribution in [1.82, 2.24) is 20.0 Å². The minimum absolute atomic E-state index is 0.0619. The van der Waals surface area contributed by atoms with E-state index >= 15 is 0 Å². The van der Waals surface area contributed by atoms with E-state index in [1.807, 2.05) is 21.8 Å². The van der Waals surface area contributed by atoms with Gasteiger partial charge < -0.3 is 16.0 Å². The number of piperidine rings is 1. The Kier molecular flexibility index (Phi) is 4.65. The molecule has 1 aliphatic rings. The molecular formula is C13H23N5O. The Bertz CT molecular complexity index is 409. The number of amides is 2. The summed E-state index contributed by atoms with van der Waals surface area (Å²) in [5.41, 5.74) is 5.62. The van der Waals surface area contributed by atoms with Crippen molar-refractivity contribution in [2.75, 3.05) is 25.4 Å². The highest BCUT2D eigenvalue weighted by Gasteiger charge is 2.23. The maximum atomic E-state index is 11.9. The van der Waals surface area contributed by atoms with E-state index in [4.69, 9.17) is 5.73 Å². The topological polar surface area (TPSA) is 76.2 Å². The molecule has 0 aliphatic carbocycles. The summed E-state index contributed by atoms with van der Waals surface area (Å²) in [5, 5.41) is 7.20. The average Bonchev–Trinajstić information content (AvgIpc) is 2.86. The summed E-state index contributed by atoms with van der Waals surface area (Å²) in [5.74, 6) is 0.555. The Hall–Kier alpha value is -1.72. The van der Waals surface area contributed by atoms with Crippen molar-refractivity contribution in [2.24, 2.45) is 0 Å². The molecule has 6 nitrogen and oxygen atoms in total. The molecule has 0 saturated carbocycles. The van der Waals surface area contributed by atoms with Crippen LogP contribution in [0.15, 0.2) is 12.3 Å². The SMILES string of the molecule is CCCCNC(=O)N1CCC(n2ccc(N)n2)CC1. The molecule has 0 spiro atoms. The van der Waals surface area contributed by atoms with Gasteiger partial charge in [-0.15, -0.1) is 0 Å². The summed E-state index contributed by atoms with van der Waals surface area (Å²) in [6, 6.07) is 2.23. The van der Waals surface area contributed by atoms with Crippen LogP contribution in [0.3, 0.4) is 0 Å². The number of anilines is 1. The molecule has 1 aromatic heterocycles. The quantitative estimate of drug-likeness (QED) is 0.812. The lowest BCUT2D eigenvalue weighted by molar-refractivity contribution is 0.168. The highest BCUT2D eigenvalue weighted by molar-refractivity contribution is 5.74. The van der Waals surface area contributed by atoms with E-state index in [9.17, 15) is 4.79 Å². The molecule has 0 bridgehead atoms. The lowest BCUT2D eigenvalue weighted by Crippen LogP contribution is -2.45. The number of rotatable bonds is 4. The number of urea groups is 1. The van der Waals surface area contributed by atoms with Crippen LogP contribution in [0, 0.1) is 0 Å². The first-order valence-electron chi connectivity index (χ1n) is 7.04. The normalized spacial score (nSPS) is 16.6. The summed E-state index contributed by atoms with van der Waals surface area (Å²) < 4.78 is 1.92. The molecule has 0 radical (unpaired) electrons. The second kappa shape index (κ2) is 6.45. The summed E-state index contributed by atoms with van der Waals surface area (Å²) in [4.78, 5) is 13.8. The van der Waals surface area contributed by atoms with Gasteiger partial charge in [-0.3, -0.25) is 4.68 Å². The third-order valence-corrected chi connectivity index (χ3v) is 3.56. The monoisotopic (exact) mass is 265 g/mol. The molecule has 0 aromatic carbocycles. The van der Waals surface area contributed by atoms with Gasteiger partial charge in [0, 0.05) is 25.8 Å². The number of aromatic nitrogens is 2. The number of nitrogens with zero attached hydrogens (tertiary/aromatic N) is 3. The Balaban J connectivity index is 1.77. The minimum Gasteiger partial charge on any atom is -0.382 e. The lowest BCUT2D eigenvalue weighted by atomic mass is 10.1. The summed E-state index contributed by atoms with van der Waals surface area (Å²) in [6.45, 7) is 4.45. The Labute approximate surface area is 113 Å². The molecule has 2 heterocycles. The largest absolute Gasteiger partial charge is 0.382 e. The molecule has 1 saturated heterocycles. The minimum atomic E-state index is 0.0619. The zero-order chi connectivity index (χ0) is 13.7. The zero-order valence-electron chi connectivity index (χ0n) is 11.5. The highest BCUT2D eigenvalue weighted by Crippen LogP contribution is 2.22. The van der Waals surface area contributed by atoms with Crippen LogP contribution < -0.4 is 11.1 Å². The number of hydrogen-bond donors (Lipinski definition) is 2. The first kappa shape index (κ1) is 13.7. The van der Waals surface area contributed by atoms with Gasteiger partial charge in [0.15, 0.2) is 0 Å². The zero-order valence-corrected chi connectivity index (χ0v) is 11.5. The van der Waals surface area contributed by atoms with E-state index in [0.29, 0.717) is 11.9 Å². The van der Waals surface area contributed by atoms with Gasteiger partial charge in [0.05, 0.1) is 6.04 Å². The third-order valence-electron chi connectivity index (χ3n) is 3.56. The number of likely N-dealkylation sites (tertiary alicyclic amines) is 1. The number of nitrogens with one attached hydrogen (secondary N) is 1. The lowest BCUT2D eigenvalue weighted by Gasteiger charge is -2.32. The van der Waals surface area contributed by atoms with Gasteiger partial charge in [-0.25, -0.2) is 4.79 Å². The standard InChI is InChI=1S/C13H23N5O/c1-2-3-7-15-13(19)17-8-4-11(5-9-17)18-10-6-12(14)16-18/h6,10-11H,2-5,7-9H2,1H3,(H2,14,16)(H,15,19). The fourth-order valence-electron chi connectivity index (χ4n) is 2.37.